The van der Waals surface area contributed by atoms with Crippen molar-refractivity contribution in [2.75, 3.05) is 25.5 Å². The number of benzene rings is 1. The van der Waals surface area contributed by atoms with Crippen molar-refractivity contribution >= 4 is 44.5 Å². The lowest BCUT2D eigenvalue weighted by atomic mass is 9.96. The molecule has 4 rings (SSSR count). The Balaban J connectivity index is 1.34. The lowest BCUT2D eigenvalue weighted by molar-refractivity contribution is -0.121. The number of piperidine rings is 1. The zero-order chi connectivity index (χ0) is 21.1. The quantitative estimate of drug-likeness (QED) is 0.574. The average molecular weight is 472 g/mol. The maximum Gasteiger partial charge on any atom is 0.337 e. The molecular weight excluding hydrogens is 450 g/mol. The smallest absolute Gasteiger partial charge is 0.337 e. The summed E-state index contributed by atoms with van der Waals surface area (Å²) in [5.41, 5.74) is 1.47. The fourth-order valence-electron chi connectivity index (χ4n) is 3.65. The van der Waals surface area contributed by atoms with Crippen molar-refractivity contribution in [2.45, 2.75) is 19.5 Å². The number of anilines is 1. The molecule has 3 aromatic rings. The zero-order valence-corrected chi connectivity index (χ0v) is 18.1. The van der Waals surface area contributed by atoms with E-state index in [1.165, 1.54) is 7.11 Å². The van der Waals surface area contributed by atoms with Crippen molar-refractivity contribution in [2.24, 2.45) is 5.92 Å². The van der Waals surface area contributed by atoms with E-state index in [0.717, 1.165) is 41.3 Å². The summed E-state index contributed by atoms with van der Waals surface area (Å²) >= 11 is 3.34. The Hall–Kier alpha value is -2.78. The molecule has 8 nitrogen and oxygen atoms in total. The molecule has 0 atom stereocenters. The van der Waals surface area contributed by atoms with E-state index >= 15 is 0 Å². The van der Waals surface area contributed by atoms with Gasteiger partial charge in [0.05, 0.1) is 31.1 Å². The molecule has 1 N–H and O–H groups in total. The van der Waals surface area contributed by atoms with E-state index in [-0.39, 0.29) is 17.8 Å². The van der Waals surface area contributed by atoms with Gasteiger partial charge in [-0.3, -0.25) is 14.4 Å². The van der Waals surface area contributed by atoms with Crippen molar-refractivity contribution in [1.29, 1.82) is 0 Å². The monoisotopic (exact) mass is 471 g/mol. The SMILES string of the molecule is COC(=O)c1ccc2c(cnn2CN2CCC(C(=O)Nc3ccc(Br)cn3)CC2)c1. The van der Waals surface area contributed by atoms with Gasteiger partial charge in [0.25, 0.3) is 0 Å². The molecule has 3 heterocycles. The first-order valence-corrected chi connectivity index (χ1v) is 10.5. The van der Waals surface area contributed by atoms with Crippen LogP contribution in [-0.4, -0.2) is 51.7 Å². The molecule has 0 bridgehead atoms. The van der Waals surface area contributed by atoms with Gasteiger partial charge in [-0.05, 0) is 59.1 Å². The van der Waals surface area contributed by atoms with Gasteiger partial charge in [0.15, 0.2) is 0 Å². The van der Waals surface area contributed by atoms with Gasteiger partial charge in [0, 0.05) is 35.1 Å². The van der Waals surface area contributed by atoms with E-state index in [2.05, 4.69) is 36.2 Å². The number of nitrogens with zero attached hydrogens (tertiary/aromatic N) is 4. The highest BCUT2D eigenvalue weighted by Crippen LogP contribution is 2.22. The summed E-state index contributed by atoms with van der Waals surface area (Å²) in [6.45, 7) is 2.27. The van der Waals surface area contributed by atoms with Crippen molar-refractivity contribution in [3.05, 3.63) is 52.8 Å². The number of carbonyl (C=O) groups is 2. The van der Waals surface area contributed by atoms with E-state index in [1.807, 2.05) is 16.8 Å². The predicted molar refractivity (Wildman–Crippen MR) is 116 cm³/mol. The highest BCUT2D eigenvalue weighted by atomic mass is 79.9. The largest absolute Gasteiger partial charge is 0.465 e. The molecule has 1 aliphatic heterocycles. The van der Waals surface area contributed by atoms with E-state index < -0.39 is 0 Å². The molecular formula is C21H22BrN5O3. The van der Waals surface area contributed by atoms with E-state index in [9.17, 15) is 9.59 Å². The third-order valence-electron chi connectivity index (χ3n) is 5.33. The molecule has 1 amide bonds. The summed E-state index contributed by atoms with van der Waals surface area (Å²) in [6, 6.07) is 9.07. The number of fused-ring (bicyclic) bond motifs is 1. The predicted octanol–water partition coefficient (Wildman–Crippen LogP) is 3.29. The molecule has 1 aromatic carbocycles. The summed E-state index contributed by atoms with van der Waals surface area (Å²) < 4.78 is 7.57. The maximum atomic E-state index is 12.5. The number of carbonyl (C=O) groups excluding carboxylic acids is 2. The van der Waals surface area contributed by atoms with Crippen LogP contribution < -0.4 is 5.32 Å². The number of likely N-dealkylation sites (tertiary alicyclic amines) is 1. The Morgan fingerprint density at radius 3 is 2.70 bits per heavy atom. The molecule has 156 valence electrons. The van der Waals surface area contributed by atoms with Crippen LogP contribution in [-0.2, 0) is 16.2 Å². The number of hydrogen-bond donors (Lipinski definition) is 1. The second kappa shape index (κ2) is 8.93. The minimum Gasteiger partial charge on any atom is -0.465 e. The van der Waals surface area contributed by atoms with Crippen LogP contribution in [0, 0.1) is 5.92 Å². The fourth-order valence-corrected chi connectivity index (χ4v) is 3.88. The van der Waals surface area contributed by atoms with E-state index in [0.29, 0.717) is 18.1 Å². The fraction of sp³-hybridized carbons (Fsp3) is 0.333. The number of methoxy groups -OCH3 is 1. The minimum atomic E-state index is -0.358. The molecule has 2 aromatic heterocycles. The molecule has 30 heavy (non-hydrogen) atoms. The Morgan fingerprint density at radius 1 is 1.20 bits per heavy atom. The minimum absolute atomic E-state index is 0.0179. The standard InChI is InChI=1S/C21H22BrN5O3/c1-30-21(29)15-2-4-18-16(10-15)11-24-27(18)13-26-8-6-14(7-9-26)20(28)25-19-5-3-17(22)12-23-19/h2-5,10-12,14H,6-9,13H2,1H3,(H,23,25,28). The lowest BCUT2D eigenvalue weighted by Gasteiger charge is -2.31. The molecule has 0 spiro atoms. The number of hydrogen-bond acceptors (Lipinski definition) is 6. The molecule has 0 radical (unpaired) electrons. The first kappa shape index (κ1) is 20.5. The Labute approximate surface area is 182 Å². The van der Waals surface area contributed by atoms with Crippen LogP contribution >= 0.6 is 15.9 Å². The van der Waals surface area contributed by atoms with Crippen LogP contribution in [0.2, 0.25) is 0 Å². The van der Waals surface area contributed by atoms with Gasteiger partial charge >= 0.3 is 5.97 Å². The van der Waals surface area contributed by atoms with E-state index in [1.54, 1.807) is 30.6 Å². The number of esters is 1. The van der Waals surface area contributed by atoms with Gasteiger partial charge in [-0.15, -0.1) is 0 Å². The van der Waals surface area contributed by atoms with Crippen LogP contribution in [0.1, 0.15) is 23.2 Å². The maximum absolute atomic E-state index is 12.5. The zero-order valence-electron chi connectivity index (χ0n) is 16.5. The summed E-state index contributed by atoms with van der Waals surface area (Å²) in [6.07, 6.45) is 5.00. The highest BCUT2D eigenvalue weighted by Gasteiger charge is 2.25. The summed E-state index contributed by atoms with van der Waals surface area (Å²) in [5.74, 6) is 0.205. The van der Waals surface area contributed by atoms with Gasteiger partial charge in [0.2, 0.25) is 5.91 Å². The number of halogens is 1. The molecule has 1 aliphatic rings. The van der Waals surface area contributed by atoms with Crippen LogP contribution in [0.3, 0.4) is 0 Å². The summed E-state index contributed by atoms with van der Waals surface area (Å²) in [7, 11) is 1.37. The van der Waals surface area contributed by atoms with Crippen LogP contribution in [0.4, 0.5) is 5.82 Å². The average Bonchev–Trinajstić information content (AvgIpc) is 3.17. The Kier molecular flexibility index (Phi) is 6.10. The van der Waals surface area contributed by atoms with Gasteiger partial charge in [-0.25, -0.2) is 9.78 Å². The van der Waals surface area contributed by atoms with Crippen molar-refractivity contribution in [3.63, 3.8) is 0 Å². The third kappa shape index (κ3) is 4.52. The highest BCUT2D eigenvalue weighted by molar-refractivity contribution is 9.10. The van der Waals surface area contributed by atoms with Crippen molar-refractivity contribution in [3.8, 4) is 0 Å². The number of nitrogens with one attached hydrogen (secondary N) is 1. The summed E-state index contributed by atoms with van der Waals surface area (Å²) in [4.78, 5) is 30.7. The molecule has 0 aliphatic carbocycles. The van der Waals surface area contributed by atoms with Gasteiger partial charge in [-0.2, -0.15) is 5.10 Å². The van der Waals surface area contributed by atoms with Gasteiger partial charge in [-0.1, -0.05) is 0 Å². The molecule has 0 unspecified atom stereocenters. The second-order valence-electron chi connectivity index (χ2n) is 7.29. The number of aromatic nitrogens is 3. The first-order valence-electron chi connectivity index (χ1n) is 9.72. The molecule has 0 saturated carbocycles. The number of rotatable bonds is 5. The normalized spacial score (nSPS) is 15.3. The number of pyridine rings is 1. The Morgan fingerprint density at radius 2 is 2.00 bits per heavy atom. The van der Waals surface area contributed by atoms with Crippen LogP contribution in [0.25, 0.3) is 10.9 Å². The van der Waals surface area contributed by atoms with Gasteiger partial charge < -0.3 is 10.1 Å². The molecule has 1 saturated heterocycles. The van der Waals surface area contributed by atoms with Crippen molar-refractivity contribution in [1.82, 2.24) is 19.7 Å². The number of amides is 1. The summed E-state index contributed by atoms with van der Waals surface area (Å²) in [5, 5.41) is 8.26. The Bertz CT molecular complexity index is 1060. The molecule has 1 fully saturated rings. The van der Waals surface area contributed by atoms with Crippen molar-refractivity contribution < 1.29 is 14.3 Å². The van der Waals surface area contributed by atoms with Crippen LogP contribution in [0.15, 0.2) is 47.2 Å². The second-order valence-corrected chi connectivity index (χ2v) is 8.21. The molecule has 9 heteroatoms. The van der Waals surface area contributed by atoms with Crippen LogP contribution in [0.5, 0.6) is 0 Å². The first-order chi connectivity index (χ1) is 14.5. The topological polar surface area (TPSA) is 89.4 Å². The lowest BCUT2D eigenvalue weighted by Crippen LogP contribution is -2.39. The van der Waals surface area contributed by atoms with E-state index in [4.69, 9.17) is 4.74 Å². The third-order valence-corrected chi connectivity index (χ3v) is 5.80. The number of ether oxygens (including phenoxy) is 1. The van der Waals surface area contributed by atoms with Gasteiger partial charge in [0.1, 0.15) is 5.82 Å².